The van der Waals surface area contributed by atoms with E-state index in [1.165, 1.54) is 49.7 Å². The van der Waals surface area contributed by atoms with E-state index in [1.807, 2.05) is 0 Å². The highest BCUT2D eigenvalue weighted by molar-refractivity contribution is 8.18. The minimum absolute atomic E-state index is 0.0612. The Bertz CT molecular complexity index is 770. The van der Waals surface area contributed by atoms with Crippen molar-refractivity contribution >= 4 is 28.6 Å². The summed E-state index contributed by atoms with van der Waals surface area (Å²) in [6.45, 7) is 4.43. The number of benzene rings is 1. The molecule has 1 unspecified atom stereocenters. The Morgan fingerprint density at radius 3 is 2.19 bits per heavy atom. The second kappa shape index (κ2) is 15.0. The van der Waals surface area contributed by atoms with Crippen LogP contribution in [0, 0.1) is 11.3 Å². The minimum atomic E-state index is -0.201. The van der Waals surface area contributed by atoms with E-state index in [9.17, 15) is 9.59 Å². The molecule has 4 nitrogen and oxygen atoms in total. The quantitative estimate of drug-likeness (QED) is 0.125. The number of Topliss-reactive ketones (excluding diaryl/α,β-unsaturated/α-hetero) is 1. The molecule has 0 saturated heterocycles. The number of carbonyl (C=O) groups is 2. The number of carbonyl (C=O) groups excluding carboxylic acids is 2. The standard InChI is InChI=1S/C27H39NO3S/c1-3-5-6-7-8-9-12-21-15-17-22(18-16-21)13-10-11-14-25(29)26(28)32-20-23-19-24(23)27(30)31-4-2/h15-18,20,24,28H,3-14,19H2,1-2H3/b23-20+,28-26?. The minimum Gasteiger partial charge on any atom is -0.466 e. The molecular formula is C27H39NO3S. The van der Waals surface area contributed by atoms with Crippen LogP contribution in [0.3, 0.4) is 0 Å². The molecule has 0 bridgehead atoms. The third-order valence-electron chi connectivity index (χ3n) is 5.84. The van der Waals surface area contributed by atoms with Crippen LogP contribution in [0.5, 0.6) is 0 Å². The number of hydrogen-bond donors (Lipinski definition) is 1. The number of ether oxygens (including phenoxy) is 1. The van der Waals surface area contributed by atoms with E-state index in [0.717, 1.165) is 43.0 Å². The molecule has 1 aliphatic rings. The highest BCUT2D eigenvalue weighted by Crippen LogP contribution is 2.40. The van der Waals surface area contributed by atoms with E-state index < -0.39 is 0 Å². The molecule has 0 radical (unpaired) electrons. The smallest absolute Gasteiger partial charge is 0.313 e. The molecule has 176 valence electrons. The lowest BCUT2D eigenvalue weighted by atomic mass is 10.0. The normalized spacial score (nSPS) is 16.2. The van der Waals surface area contributed by atoms with Crippen LogP contribution in [0.2, 0.25) is 0 Å². The van der Waals surface area contributed by atoms with Gasteiger partial charge in [0.2, 0.25) is 0 Å². The van der Waals surface area contributed by atoms with Crippen molar-refractivity contribution < 1.29 is 14.3 Å². The summed E-state index contributed by atoms with van der Waals surface area (Å²) in [5, 5.41) is 9.78. The van der Waals surface area contributed by atoms with Crippen molar-refractivity contribution in [3.8, 4) is 0 Å². The number of rotatable bonds is 16. The maximum absolute atomic E-state index is 12.2. The van der Waals surface area contributed by atoms with Crippen molar-refractivity contribution in [2.75, 3.05) is 6.61 Å². The van der Waals surface area contributed by atoms with Gasteiger partial charge in [0.25, 0.3) is 0 Å². The fourth-order valence-corrected chi connectivity index (χ4v) is 4.46. The first-order valence-electron chi connectivity index (χ1n) is 12.3. The summed E-state index contributed by atoms with van der Waals surface area (Å²) in [5.41, 5.74) is 3.70. The first-order chi connectivity index (χ1) is 15.5. The molecule has 5 heteroatoms. The second-order valence-corrected chi connectivity index (χ2v) is 9.49. The van der Waals surface area contributed by atoms with Crippen LogP contribution in [0.25, 0.3) is 0 Å². The first kappa shape index (κ1) is 26.4. The van der Waals surface area contributed by atoms with Gasteiger partial charge in [-0.15, -0.1) is 0 Å². The number of ketones is 1. The molecule has 1 N–H and O–H groups in total. The van der Waals surface area contributed by atoms with Crippen LogP contribution >= 0.6 is 11.8 Å². The van der Waals surface area contributed by atoms with E-state index in [1.54, 1.807) is 12.3 Å². The number of aryl methyl sites for hydroxylation is 2. The predicted molar refractivity (Wildman–Crippen MR) is 134 cm³/mol. The SMILES string of the molecule is CCCCCCCCc1ccc(CCCCC(=O)C(=N)S/C=C2\CC2C(=O)OCC)cc1. The van der Waals surface area contributed by atoms with Gasteiger partial charge >= 0.3 is 5.97 Å². The summed E-state index contributed by atoms with van der Waals surface area (Å²) >= 11 is 1.13. The van der Waals surface area contributed by atoms with Crippen LogP contribution < -0.4 is 0 Å². The average Bonchev–Trinajstić information content (AvgIpc) is 3.58. The number of unbranched alkanes of at least 4 members (excludes halogenated alkanes) is 6. The van der Waals surface area contributed by atoms with Gasteiger partial charge in [-0.2, -0.15) is 0 Å². The molecule has 2 rings (SSSR count). The van der Waals surface area contributed by atoms with Gasteiger partial charge in [0.05, 0.1) is 12.5 Å². The van der Waals surface area contributed by atoms with Crippen molar-refractivity contribution in [2.45, 2.75) is 90.9 Å². The van der Waals surface area contributed by atoms with Crippen LogP contribution in [0.15, 0.2) is 35.2 Å². The first-order valence-corrected chi connectivity index (χ1v) is 13.1. The Balaban J connectivity index is 1.56. The van der Waals surface area contributed by atoms with Gasteiger partial charge in [-0.25, -0.2) is 0 Å². The number of esters is 1. The Labute approximate surface area is 198 Å². The zero-order valence-corrected chi connectivity index (χ0v) is 20.6. The molecule has 0 spiro atoms. The fraction of sp³-hybridized carbons (Fsp3) is 0.593. The molecule has 0 aliphatic heterocycles. The van der Waals surface area contributed by atoms with Gasteiger partial charge < -0.3 is 4.74 Å². The highest BCUT2D eigenvalue weighted by atomic mass is 32.2. The Morgan fingerprint density at radius 2 is 1.56 bits per heavy atom. The Hall–Kier alpha value is -1.88. The average molecular weight is 458 g/mol. The zero-order chi connectivity index (χ0) is 23.2. The second-order valence-electron chi connectivity index (χ2n) is 8.61. The summed E-state index contributed by atoms with van der Waals surface area (Å²) in [4.78, 5) is 23.8. The summed E-state index contributed by atoms with van der Waals surface area (Å²) in [6, 6.07) is 8.92. The lowest BCUT2D eigenvalue weighted by Crippen LogP contribution is -2.08. The molecule has 1 fully saturated rings. The summed E-state index contributed by atoms with van der Waals surface area (Å²) in [7, 11) is 0. The Morgan fingerprint density at radius 1 is 0.969 bits per heavy atom. The van der Waals surface area contributed by atoms with Gasteiger partial charge in [0.1, 0.15) is 5.04 Å². The molecule has 32 heavy (non-hydrogen) atoms. The third-order valence-corrected chi connectivity index (χ3v) is 6.73. The van der Waals surface area contributed by atoms with E-state index >= 15 is 0 Å². The molecule has 0 aromatic heterocycles. The summed E-state index contributed by atoms with van der Waals surface area (Å²) in [5.74, 6) is -0.482. The lowest BCUT2D eigenvalue weighted by molar-refractivity contribution is -0.144. The number of nitrogens with one attached hydrogen (secondary N) is 1. The van der Waals surface area contributed by atoms with E-state index in [0.29, 0.717) is 19.4 Å². The van der Waals surface area contributed by atoms with Gasteiger partial charge in [0.15, 0.2) is 5.78 Å². The van der Waals surface area contributed by atoms with Crippen molar-refractivity contribution in [3.05, 3.63) is 46.4 Å². The van der Waals surface area contributed by atoms with Gasteiger partial charge in [-0.1, -0.05) is 75.1 Å². The van der Waals surface area contributed by atoms with Gasteiger partial charge in [0, 0.05) is 6.42 Å². The highest BCUT2D eigenvalue weighted by Gasteiger charge is 2.38. The molecule has 1 aliphatic carbocycles. The number of hydrogen-bond acceptors (Lipinski definition) is 5. The monoisotopic (exact) mass is 457 g/mol. The van der Waals surface area contributed by atoms with E-state index in [4.69, 9.17) is 10.1 Å². The molecular weight excluding hydrogens is 418 g/mol. The van der Waals surface area contributed by atoms with E-state index in [-0.39, 0.29) is 22.7 Å². The molecule has 1 aromatic rings. The van der Waals surface area contributed by atoms with Crippen molar-refractivity contribution in [2.24, 2.45) is 5.92 Å². The molecule has 0 heterocycles. The van der Waals surface area contributed by atoms with Crippen LogP contribution in [-0.2, 0) is 27.2 Å². The molecule has 1 saturated carbocycles. The predicted octanol–water partition coefficient (Wildman–Crippen LogP) is 7.05. The van der Waals surface area contributed by atoms with Crippen molar-refractivity contribution in [1.82, 2.24) is 0 Å². The van der Waals surface area contributed by atoms with Crippen LogP contribution in [0.1, 0.15) is 89.2 Å². The number of thioether (sulfide) groups is 1. The van der Waals surface area contributed by atoms with Crippen molar-refractivity contribution in [3.63, 3.8) is 0 Å². The third kappa shape index (κ3) is 10.2. The van der Waals surface area contributed by atoms with Crippen molar-refractivity contribution in [1.29, 1.82) is 5.41 Å². The maximum atomic E-state index is 12.2. The lowest BCUT2D eigenvalue weighted by Gasteiger charge is -2.05. The molecule has 1 atom stereocenters. The molecule has 1 aromatic carbocycles. The van der Waals surface area contributed by atoms with Crippen LogP contribution in [0.4, 0.5) is 0 Å². The maximum Gasteiger partial charge on any atom is 0.313 e. The van der Waals surface area contributed by atoms with E-state index in [2.05, 4.69) is 31.2 Å². The summed E-state index contributed by atoms with van der Waals surface area (Å²) in [6.07, 6.45) is 12.9. The Kier molecular flexibility index (Phi) is 12.4. The largest absolute Gasteiger partial charge is 0.466 e. The summed E-state index contributed by atoms with van der Waals surface area (Å²) < 4.78 is 4.98. The molecule has 0 amide bonds. The topological polar surface area (TPSA) is 67.2 Å². The van der Waals surface area contributed by atoms with Gasteiger partial charge in [-0.05, 0) is 67.6 Å². The fourth-order valence-electron chi connectivity index (χ4n) is 3.70. The van der Waals surface area contributed by atoms with Crippen LogP contribution in [-0.4, -0.2) is 23.4 Å². The zero-order valence-electron chi connectivity index (χ0n) is 19.8. The van der Waals surface area contributed by atoms with Gasteiger partial charge in [-0.3, -0.25) is 15.0 Å².